The third-order valence-electron chi connectivity index (χ3n) is 4.66. The normalized spacial score (nSPS) is 25.7. The second kappa shape index (κ2) is 5.88. The average Bonchev–Trinajstić information content (AvgIpc) is 3.25. The summed E-state index contributed by atoms with van der Waals surface area (Å²) in [7, 11) is 0. The van der Waals surface area contributed by atoms with Gasteiger partial charge in [-0.2, -0.15) is 0 Å². The molecule has 0 aliphatic heterocycles. The zero-order valence-electron chi connectivity index (χ0n) is 12.0. The Kier molecular flexibility index (Phi) is 3.95. The van der Waals surface area contributed by atoms with E-state index in [9.17, 15) is 9.59 Å². The maximum Gasteiger partial charge on any atom is 0.326 e. The second-order valence-electron chi connectivity index (χ2n) is 6.37. The number of hydrogen-bond acceptors (Lipinski definition) is 2. The average molecular weight is 287 g/mol. The highest BCUT2D eigenvalue weighted by atomic mass is 16.4. The molecule has 0 saturated heterocycles. The molecule has 2 N–H and O–H groups in total. The van der Waals surface area contributed by atoms with Gasteiger partial charge in [0.15, 0.2) is 0 Å². The van der Waals surface area contributed by atoms with Crippen LogP contribution < -0.4 is 5.32 Å². The first-order valence-corrected chi connectivity index (χ1v) is 7.70. The summed E-state index contributed by atoms with van der Waals surface area (Å²) in [4.78, 5) is 23.1. The molecule has 21 heavy (non-hydrogen) atoms. The maximum absolute atomic E-state index is 12.0. The van der Waals surface area contributed by atoms with Gasteiger partial charge in [-0.1, -0.05) is 30.3 Å². The summed E-state index contributed by atoms with van der Waals surface area (Å²) in [5, 5.41) is 11.8. The van der Waals surface area contributed by atoms with E-state index in [-0.39, 0.29) is 11.8 Å². The van der Waals surface area contributed by atoms with Crippen LogP contribution in [0.5, 0.6) is 0 Å². The maximum atomic E-state index is 12.0. The van der Waals surface area contributed by atoms with Crippen molar-refractivity contribution in [3.63, 3.8) is 0 Å². The third-order valence-corrected chi connectivity index (χ3v) is 4.66. The van der Waals surface area contributed by atoms with E-state index in [1.54, 1.807) is 0 Å². The highest BCUT2D eigenvalue weighted by Crippen LogP contribution is 2.43. The van der Waals surface area contributed by atoms with Gasteiger partial charge in [-0.05, 0) is 49.0 Å². The van der Waals surface area contributed by atoms with Crippen LogP contribution in [0.2, 0.25) is 0 Å². The van der Waals surface area contributed by atoms with Crippen molar-refractivity contribution >= 4 is 11.9 Å². The molecule has 0 radical (unpaired) electrons. The van der Waals surface area contributed by atoms with Gasteiger partial charge in [0.25, 0.3) is 0 Å². The highest BCUT2D eigenvalue weighted by molar-refractivity contribution is 5.84. The number of carboxylic acids is 1. The fourth-order valence-electron chi connectivity index (χ4n) is 3.21. The van der Waals surface area contributed by atoms with Gasteiger partial charge in [0.2, 0.25) is 5.91 Å². The molecule has 1 aromatic rings. The zero-order valence-corrected chi connectivity index (χ0v) is 12.0. The summed E-state index contributed by atoms with van der Waals surface area (Å²) in [6.07, 6.45) is 4.34. The molecular formula is C17H21NO3. The summed E-state index contributed by atoms with van der Waals surface area (Å²) in [5.74, 6) is 0.0869. The summed E-state index contributed by atoms with van der Waals surface area (Å²) < 4.78 is 0. The molecule has 2 saturated carbocycles. The Morgan fingerprint density at radius 3 is 2.43 bits per heavy atom. The first-order valence-electron chi connectivity index (χ1n) is 7.70. The summed E-state index contributed by atoms with van der Waals surface area (Å²) >= 11 is 0. The fraction of sp³-hybridized carbons (Fsp3) is 0.529. The molecule has 2 aliphatic rings. The molecule has 0 aromatic heterocycles. The predicted octanol–water partition coefficient (Wildman–Crippen LogP) is 2.55. The molecule has 2 aliphatic carbocycles. The molecule has 3 rings (SSSR count). The molecule has 1 unspecified atom stereocenters. The van der Waals surface area contributed by atoms with Gasteiger partial charge >= 0.3 is 5.97 Å². The molecule has 0 spiro atoms. The van der Waals surface area contributed by atoms with Crippen molar-refractivity contribution in [2.75, 3.05) is 0 Å². The first kappa shape index (κ1) is 14.1. The van der Waals surface area contributed by atoms with Crippen molar-refractivity contribution in [1.82, 2.24) is 5.32 Å². The number of carboxylic acid groups (broad SMARTS) is 1. The second-order valence-corrected chi connectivity index (χ2v) is 6.37. The van der Waals surface area contributed by atoms with Crippen molar-refractivity contribution in [1.29, 1.82) is 0 Å². The quantitative estimate of drug-likeness (QED) is 0.845. The number of carbonyl (C=O) groups is 2. The van der Waals surface area contributed by atoms with Crippen molar-refractivity contribution < 1.29 is 14.7 Å². The van der Waals surface area contributed by atoms with Gasteiger partial charge in [-0.25, -0.2) is 4.79 Å². The van der Waals surface area contributed by atoms with Gasteiger partial charge in [0.1, 0.15) is 6.04 Å². The number of rotatable bonds is 6. The molecule has 0 heterocycles. The van der Waals surface area contributed by atoms with Gasteiger partial charge in [0.05, 0.1) is 0 Å². The van der Waals surface area contributed by atoms with E-state index in [1.165, 1.54) is 5.56 Å². The lowest BCUT2D eigenvalue weighted by molar-refractivity contribution is -0.142. The van der Waals surface area contributed by atoms with E-state index in [4.69, 9.17) is 5.11 Å². The number of hydrogen-bond donors (Lipinski definition) is 2. The van der Waals surface area contributed by atoms with Crippen molar-refractivity contribution in [3.8, 4) is 0 Å². The monoisotopic (exact) mass is 287 g/mol. The van der Waals surface area contributed by atoms with Gasteiger partial charge < -0.3 is 10.4 Å². The molecule has 4 nitrogen and oxygen atoms in total. The Hall–Kier alpha value is -1.84. The van der Waals surface area contributed by atoms with Crippen molar-refractivity contribution in [2.45, 2.75) is 44.1 Å². The molecule has 1 atom stereocenters. The van der Waals surface area contributed by atoms with Crippen LogP contribution in [-0.2, 0) is 9.59 Å². The van der Waals surface area contributed by atoms with Crippen molar-refractivity contribution in [3.05, 3.63) is 35.9 Å². The molecule has 4 heteroatoms. The minimum Gasteiger partial charge on any atom is -0.480 e. The Labute approximate surface area is 124 Å². The number of nitrogens with one attached hydrogen (secondary N) is 1. The predicted molar refractivity (Wildman–Crippen MR) is 78.8 cm³/mol. The van der Waals surface area contributed by atoms with Crippen LogP contribution in [0.4, 0.5) is 0 Å². The molecule has 0 bridgehead atoms. The van der Waals surface area contributed by atoms with E-state index >= 15 is 0 Å². The fourth-order valence-corrected chi connectivity index (χ4v) is 3.21. The van der Waals surface area contributed by atoms with Gasteiger partial charge in [0, 0.05) is 6.42 Å². The van der Waals surface area contributed by atoms with Crippen LogP contribution in [-0.4, -0.2) is 23.0 Å². The van der Waals surface area contributed by atoms with Gasteiger partial charge in [-0.3, -0.25) is 4.79 Å². The van der Waals surface area contributed by atoms with Crippen LogP contribution >= 0.6 is 0 Å². The van der Waals surface area contributed by atoms with Crippen LogP contribution in [0.15, 0.2) is 30.3 Å². The minimum atomic E-state index is -0.901. The Morgan fingerprint density at radius 1 is 1.19 bits per heavy atom. The molecule has 2 fully saturated rings. The number of amides is 1. The molecular weight excluding hydrogens is 266 g/mol. The molecule has 1 amide bonds. The van der Waals surface area contributed by atoms with E-state index in [2.05, 4.69) is 17.4 Å². The smallest absolute Gasteiger partial charge is 0.326 e. The van der Waals surface area contributed by atoms with Gasteiger partial charge in [-0.15, -0.1) is 0 Å². The number of benzene rings is 1. The standard InChI is InChI=1S/C17H21NO3/c19-15(18-16(17(20)21)13-6-7-13)10-11-8-14(9-11)12-4-2-1-3-5-12/h1-5,11,13-14,16H,6-10H2,(H,18,19)(H,20,21). The lowest BCUT2D eigenvalue weighted by Crippen LogP contribution is -2.43. The van der Waals surface area contributed by atoms with Crippen LogP contribution in [0, 0.1) is 11.8 Å². The van der Waals surface area contributed by atoms with E-state index in [0.29, 0.717) is 18.3 Å². The number of aliphatic carboxylic acids is 1. The Balaban J connectivity index is 1.44. The Morgan fingerprint density at radius 2 is 1.86 bits per heavy atom. The summed E-state index contributed by atoms with van der Waals surface area (Å²) in [6.45, 7) is 0. The zero-order chi connectivity index (χ0) is 14.8. The summed E-state index contributed by atoms with van der Waals surface area (Å²) in [5.41, 5.74) is 1.34. The SMILES string of the molecule is O=C(CC1CC(c2ccccc2)C1)NC(C(=O)O)C1CC1. The summed E-state index contributed by atoms with van der Waals surface area (Å²) in [6, 6.07) is 9.69. The third kappa shape index (κ3) is 3.43. The largest absolute Gasteiger partial charge is 0.480 e. The highest BCUT2D eigenvalue weighted by Gasteiger charge is 2.38. The first-order chi connectivity index (χ1) is 10.1. The lowest BCUT2D eigenvalue weighted by Gasteiger charge is -2.35. The number of carbonyl (C=O) groups excluding carboxylic acids is 1. The van der Waals surface area contributed by atoms with E-state index in [0.717, 1.165) is 25.7 Å². The van der Waals surface area contributed by atoms with Crippen LogP contribution in [0.25, 0.3) is 0 Å². The Bertz CT molecular complexity index is 518. The van der Waals surface area contributed by atoms with E-state index in [1.807, 2.05) is 18.2 Å². The molecule has 112 valence electrons. The van der Waals surface area contributed by atoms with E-state index < -0.39 is 12.0 Å². The minimum absolute atomic E-state index is 0.106. The topological polar surface area (TPSA) is 66.4 Å². The van der Waals surface area contributed by atoms with Crippen LogP contribution in [0.1, 0.15) is 43.6 Å². The molecule has 1 aromatic carbocycles. The van der Waals surface area contributed by atoms with Crippen LogP contribution in [0.3, 0.4) is 0 Å². The van der Waals surface area contributed by atoms with Crippen molar-refractivity contribution in [2.24, 2.45) is 11.8 Å². The lowest BCUT2D eigenvalue weighted by atomic mass is 9.70.